The summed E-state index contributed by atoms with van der Waals surface area (Å²) in [6.07, 6.45) is 4.21. The van der Waals surface area contributed by atoms with Gasteiger partial charge in [-0.3, -0.25) is 9.69 Å². The second-order valence-electron chi connectivity index (χ2n) is 6.78. The SMILES string of the molecule is CCC(C)NC(=O)c1coc(CN(Cc2ccc(F)cc2F)C2CC2)n1. The molecular weight excluding hydrogens is 340 g/mol. The molecule has 5 nitrogen and oxygen atoms in total. The van der Waals surface area contributed by atoms with E-state index in [0.717, 1.165) is 25.3 Å². The van der Waals surface area contributed by atoms with E-state index in [0.29, 0.717) is 30.6 Å². The number of halogens is 2. The van der Waals surface area contributed by atoms with Crippen LogP contribution in [0.3, 0.4) is 0 Å². The van der Waals surface area contributed by atoms with Gasteiger partial charge >= 0.3 is 0 Å². The molecule has 0 aliphatic heterocycles. The molecule has 1 aliphatic carbocycles. The number of oxazole rings is 1. The number of rotatable bonds is 8. The zero-order valence-electron chi connectivity index (χ0n) is 15.0. The van der Waals surface area contributed by atoms with Crippen LogP contribution in [0.4, 0.5) is 8.78 Å². The van der Waals surface area contributed by atoms with Crippen molar-refractivity contribution in [1.82, 2.24) is 15.2 Å². The highest BCUT2D eigenvalue weighted by molar-refractivity contribution is 5.92. The van der Waals surface area contributed by atoms with Crippen LogP contribution in [0, 0.1) is 11.6 Å². The van der Waals surface area contributed by atoms with Gasteiger partial charge in [0, 0.05) is 30.3 Å². The first-order valence-corrected chi connectivity index (χ1v) is 8.89. The first kappa shape index (κ1) is 18.5. The van der Waals surface area contributed by atoms with Gasteiger partial charge in [0.25, 0.3) is 5.91 Å². The van der Waals surface area contributed by atoms with E-state index < -0.39 is 11.6 Å². The molecule has 7 heteroatoms. The van der Waals surface area contributed by atoms with Gasteiger partial charge in [-0.05, 0) is 32.3 Å². The van der Waals surface area contributed by atoms with Crippen molar-refractivity contribution >= 4 is 5.91 Å². The molecule has 0 bridgehead atoms. The Morgan fingerprint density at radius 2 is 2.15 bits per heavy atom. The smallest absolute Gasteiger partial charge is 0.273 e. The monoisotopic (exact) mass is 363 g/mol. The molecule has 140 valence electrons. The molecule has 2 aromatic rings. The van der Waals surface area contributed by atoms with Gasteiger partial charge in [0.1, 0.15) is 17.9 Å². The number of carbonyl (C=O) groups excluding carboxylic acids is 1. The molecule has 1 atom stereocenters. The lowest BCUT2D eigenvalue weighted by Gasteiger charge is -2.20. The minimum absolute atomic E-state index is 0.0621. The number of nitrogens with one attached hydrogen (secondary N) is 1. The molecule has 3 rings (SSSR count). The van der Waals surface area contributed by atoms with Crippen LogP contribution in [0.5, 0.6) is 0 Å². The topological polar surface area (TPSA) is 58.4 Å². The molecule has 0 radical (unpaired) electrons. The van der Waals surface area contributed by atoms with Crippen molar-refractivity contribution in [2.75, 3.05) is 0 Å². The highest BCUT2D eigenvalue weighted by atomic mass is 19.1. The fourth-order valence-electron chi connectivity index (χ4n) is 2.68. The first-order valence-electron chi connectivity index (χ1n) is 8.89. The number of nitrogens with zero attached hydrogens (tertiary/aromatic N) is 2. The molecule has 1 amide bonds. The summed E-state index contributed by atoms with van der Waals surface area (Å²) in [7, 11) is 0. The van der Waals surface area contributed by atoms with Crippen LogP contribution in [-0.4, -0.2) is 27.9 Å². The summed E-state index contributed by atoms with van der Waals surface area (Å²) >= 11 is 0. The summed E-state index contributed by atoms with van der Waals surface area (Å²) in [6, 6.07) is 3.99. The van der Waals surface area contributed by atoms with Gasteiger partial charge in [0.15, 0.2) is 5.69 Å². The van der Waals surface area contributed by atoms with Crippen molar-refractivity contribution in [3.63, 3.8) is 0 Å². The zero-order chi connectivity index (χ0) is 18.7. The second-order valence-corrected chi connectivity index (χ2v) is 6.78. The van der Waals surface area contributed by atoms with Gasteiger partial charge in [-0.15, -0.1) is 0 Å². The fourth-order valence-corrected chi connectivity index (χ4v) is 2.68. The molecule has 1 unspecified atom stereocenters. The molecule has 1 aromatic carbocycles. The largest absolute Gasteiger partial charge is 0.447 e. The van der Waals surface area contributed by atoms with Crippen LogP contribution in [0.2, 0.25) is 0 Å². The van der Waals surface area contributed by atoms with Crippen LogP contribution in [0.25, 0.3) is 0 Å². The molecule has 1 fully saturated rings. The van der Waals surface area contributed by atoms with Gasteiger partial charge in [-0.2, -0.15) is 0 Å². The Bertz CT molecular complexity index is 774. The lowest BCUT2D eigenvalue weighted by atomic mass is 10.2. The van der Waals surface area contributed by atoms with Crippen molar-refractivity contribution in [1.29, 1.82) is 0 Å². The van der Waals surface area contributed by atoms with Gasteiger partial charge < -0.3 is 9.73 Å². The Hall–Kier alpha value is -2.28. The summed E-state index contributed by atoms with van der Waals surface area (Å²) in [5.74, 6) is -1.00. The third-order valence-electron chi connectivity index (χ3n) is 4.56. The molecule has 26 heavy (non-hydrogen) atoms. The fraction of sp³-hybridized carbons (Fsp3) is 0.474. The van der Waals surface area contributed by atoms with Crippen LogP contribution in [0.15, 0.2) is 28.9 Å². The lowest BCUT2D eigenvalue weighted by molar-refractivity contribution is 0.0934. The van der Waals surface area contributed by atoms with E-state index in [1.807, 2.05) is 18.7 Å². The average Bonchev–Trinajstić information content (AvgIpc) is 3.35. The van der Waals surface area contributed by atoms with E-state index in [1.165, 1.54) is 18.4 Å². The maximum absolute atomic E-state index is 13.9. The van der Waals surface area contributed by atoms with Crippen molar-refractivity contribution in [2.24, 2.45) is 0 Å². The highest BCUT2D eigenvalue weighted by Crippen LogP contribution is 2.30. The van der Waals surface area contributed by atoms with Crippen LogP contribution in [-0.2, 0) is 13.1 Å². The number of benzene rings is 1. The van der Waals surface area contributed by atoms with Crippen molar-refractivity contribution in [3.05, 3.63) is 53.2 Å². The molecular formula is C19H23F2N3O2. The van der Waals surface area contributed by atoms with Crippen LogP contribution < -0.4 is 5.32 Å². The van der Waals surface area contributed by atoms with Gasteiger partial charge in [-0.1, -0.05) is 13.0 Å². The maximum atomic E-state index is 13.9. The van der Waals surface area contributed by atoms with Crippen molar-refractivity contribution in [2.45, 2.75) is 58.3 Å². The van der Waals surface area contributed by atoms with E-state index in [4.69, 9.17) is 4.42 Å². The predicted molar refractivity (Wildman–Crippen MR) is 92.3 cm³/mol. The van der Waals surface area contributed by atoms with E-state index in [2.05, 4.69) is 10.3 Å². The summed E-state index contributed by atoms with van der Waals surface area (Å²) in [5, 5.41) is 2.84. The average molecular weight is 363 g/mol. The molecule has 1 aromatic heterocycles. The Kier molecular flexibility index (Phi) is 5.66. The van der Waals surface area contributed by atoms with Gasteiger partial charge in [0.2, 0.25) is 5.89 Å². The Morgan fingerprint density at radius 3 is 2.81 bits per heavy atom. The number of hydrogen-bond acceptors (Lipinski definition) is 4. The third-order valence-corrected chi connectivity index (χ3v) is 4.56. The number of amides is 1. The lowest BCUT2D eigenvalue weighted by Crippen LogP contribution is -2.32. The highest BCUT2D eigenvalue weighted by Gasteiger charge is 2.31. The number of hydrogen-bond donors (Lipinski definition) is 1. The van der Waals surface area contributed by atoms with E-state index in [9.17, 15) is 13.6 Å². The van der Waals surface area contributed by atoms with Gasteiger partial charge in [-0.25, -0.2) is 13.8 Å². The van der Waals surface area contributed by atoms with Crippen LogP contribution in [0.1, 0.15) is 55.1 Å². The number of aromatic nitrogens is 1. The minimum atomic E-state index is -0.589. The summed E-state index contributed by atoms with van der Waals surface area (Å²) in [4.78, 5) is 18.4. The Morgan fingerprint density at radius 1 is 1.38 bits per heavy atom. The number of carbonyl (C=O) groups is 1. The standard InChI is InChI=1S/C19H23F2N3O2/c1-3-12(2)22-19(25)17-11-26-18(23-17)10-24(15-6-7-15)9-13-4-5-14(20)8-16(13)21/h4-5,8,11-12,15H,3,6-7,9-10H2,1-2H3,(H,22,25). The molecule has 0 spiro atoms. The molecule has 0 saturated heterocycles. The van der Waals surface area contributed by atoms with E-state index >= 15 is 0 Å². The summed E-state index contributed by atoms with van der Waals surface area (Å²) in [5.41, 5.74) is 0.670. The summed E-state index contributed by atoms with van der Waals surface area (Å²) < 4.78 is 32.4. The Balaban J connectivity index is 1.66. The first-order chi connectivity index (χ1) is 12.5. The maximum Gasteiger partial charge on any atom is 0.273 e. The van der Waals surface area contributed by atoms with Crippen molar-refractivity contribution < 1.29 is 18.0 Å². The zero-order valence-corrected chi connectivity index (χ0v) is 15.0. The molecule has 1 aliphatic rings. The predicted octanol–water partition coefficient (Wildman–Crippen LogP) is 3.65. The van der Waals surface area contributed by atoms with E-state index in [-0.39, 0.29) is 17.6 Å². The summed E-state index contributed by atoms with van der Waals surface area (Å²) in [6.45, 7) is 4.62. The van der Waals surface area contributed by atoms with Crippen molar-refractivity contribution in [3.8, 4) is 0 Å². The molecule has 1 saturated carbocycles. The van der Waals surface area contributed by atoms with Gasteiger partial charge in [0.05, 0.1) is 6.54 Å². The quantitative estimate of drug-likeness (QED) is 0.778. The minimum Gasteiger partial charge on any atom is -0.447 e. The Labute approximate surface area is 151 Å². The third kappa shape index (κ3) is 4.66. The van der Waals surface area contributed by atoms with E-state index in [1.54, 1.807) is 0 Å². The molecule has 1 N–H and O–H groups in total. The second kappa shape index (κ2) is 7.95. The van der Waals surface area contributed by atoms with Crippen LogP contribution >= 0.6 is 0 Å². The molecule has 1 heterocycles. The normalized spacial score (nSPS) is 15.3.